The third-order valence-electron chi connectivity index (χ3n) is 7.15. The number of ether oxygens (including phenoxy) is 3. The van der Waals surface area contributed by atoms with Gasteiger partial charge in [-0.3, -0.25) is 4.79 Å². The second-order valence-corrected chi connectivity index (χ2v) is 9.95. The Bertz CT molecular complexity index is 1900. The summed E-state index contributed by atoms with van der Waals surface area (Å²) in [6.45, 7) is 1.06. The maximum Gasteiger partial charge on any atom is 0.255 e. The standard InChI is InChI=1S/C33H28N6O4/c1-41-25-9-5-7-22(19-25)32(40)35-23-8-4-6-21(18-23)31-30(27-10-2-3-15-39(27)38-31)26-13-14-34-33(37-26)36-24-11-12-28-29(20-24)43-17-16-42-28/h2-15,18-20,33,36-37H,16-17H2,1H3,(H,35,40). The van der Waals surface area contributed by atoms with E-state index < -0.39 is 6.29 Å². The number of hydrogen-bond donors (Lipinski definition) is 3. The number of aliphatic imine (C=N–C) groups is 1. The third-order valence-corrected chi connectivity index (χ3v) is 7.15. The molecule has 0 radical (unpaired) electrons. The molecule has 0 saturated carbocycles. The van der Waals surface area contributed by atoms with Gasteiger partial charge in [0.2, 0.25) is 0 Å². The summed E-state index contributed by atoms with van der Waals surface area (Å²) in [6.07, 6.45) is 5.20. The van der Waals surface area contributed by atoms with Crippen LogP contribution >= 0.6 is 0 Å². The number of carbonyl (C=O) groups excluding carboxylic acids is 1. The Balaban J connectivity index is 1.17. The summed E-state index contributed by atoms with van der Waals surface area (Å²) in [5.74, 6) is 1.83. The van der Waals surface area contributed by atoms with Crippen molar-refractivity contribution in [3.05, 3.63) is 108 Å². The van der Waals surface area contributed by atoms with Crippen molar-refractivity contribution in [3.63, 3.8) is 0 Å². The number of amides is 1. The van der Waals surface area contributed by atoms with Crippen molar-refractivity contribution < 1.29 is 19.0 Å². The Morgan fingerprint density at radius 1 is 0.953 bits per heavy atom. The number of fused-ring (bicyclic) bond motifs is 2. The highest BCUT2D eigenvalue weighted by Gasteiger charge is 2.22. The smallest absolute Gasteiger partial charge is 0.255 e. The molecular formula is C33H28N6O4. The quantitative estimate of drug-likeness (QED) is 0.238. The van der Waals surface area contributed by atoms with Gasteiger partial charge in [-0.25, -0.2) is 9.51 Å². The van der Waals surface area contributed by atoms with Crippen LogP contribution in [0, 0.1) is 0 Å². The Morgan fingerprint density at radius 3 is 2.74 bits per heavy atom. The van der Waals surface area contributed by atoms with Crippen LogP contribution in [0.25, 0.3) is 22.5 Å². The van der Waals surface area contributed by atoms with E-state index in [0.717, 1.165) is 39.5 Å². The molecule has 5 aromatic rings. The summed E-state index contributed by atoms with van der Waals surface area (Å²) in [4.78, 5) is 17.6. The van der Waals surface area contributed by atoms with Crippen LogP contribution in [0.1, 0.15) is 15.9 Å². The molecule has 2 aromatic heterocycles. The largest absolute Gasteiger partial charge is 0.497 e. The number of rotatable bonds is 7. The van der Waals surface area contributed by atoms with Crippen LogP contribution in [0.5, 0.6) is 17.2 Å². The Hall–Kier alpha value is -5.77. The van der Waals surface area contributed by atoms with E-state index in [1.165, 1.54) is 0 Å². The van der Waals surface area contributed by atoms with Crippen LogP contribution in [0.4, 0.5) is 11.4 Å². The van der Waals surface area contributed by atoms with Crippen molar-refractivity contribution in [3.8, 4) is 28.5 Å². The summed E-state index contributed by atoms with van der Waals surface area (Å²) in [5.41, 5.74) is 6.31. The third kappa shape index (κ3) is 5.33. The maximum atomic E-state index is 13.0. The van der Waals surface area contributed by atoms with Gasteiger partial charge in [0.05, 0.1) is 23.9 Å². The van der Waals surface area contributed by atoms with E-state index >= 15 is 0 Å². The molecule has 1 atom stereocenters. The molecule has 3 aromatic carbocycles. The minimum absolute atomic E-state index is 0.229. The lowest BCUT2D eigenvalue weighted by molar-refractivity contribution is 0.102. The first-order valence-corrected chi connectivity index (χ1v) is 13.8. The molecule has 10 heteroatoms. The van der Waals surface area contributed by atoms with Crippen molar-refractivity contribution in [2.24, 2.45) is 4.99 Å². The molecule has 2 aliphatic rings. The number of nitrogens with zero attached hydrogens (tertiary/aromatic N) is 3. The Kier molecular flexibility index (Phi) is 6.84. The molecule has 0 spiro atoms. The van der Waals surface area contributed by atoms with Gasteiger partial charge >= 0.3 is 0 Å². The van der Waals surface area contributed by atoms with Crippen LogP contribution in [-0.4, -0.2) is 48.3 Å². The van der Waals surface area contributed by atoms with E-state index in [0.29, 0.717) is 36.0 Å². The van der Waals surface area contributed by atoms with Crippen molar-refractivity contribution in [1.82, 2.24) is 14.9 Å². The van der Waals surface area contributed by atoms with Crippen LogP contribution in [0.2, 0.25) is 0 Å². The number of benzene rings is 3. The predicted molar refractivity (Wildman–Crippen MR) is 166 cm³/mol. The molecule has 0 saturated heterocycles. The first-order valence-electron chi connectivity index (χ1n) is 13.8. The highest BCUT2D eigenvalue weighted by Crippen LogP contribution is 2.35. The van der Waals surface area contributed by atoms with E-state index in [1.807, 2.05) is 77.5 Å². The average Bonchev–Trinajstić information content (AvgIpc) is 3.45. The molecule has 43 heavy (non-hydrogen) atoms. The number of nitrogens with one attached hydrogen (secondary N) is 3. The van der Waals surface area contributed by atoms with Crippen LogP contribution in [-0.2, 0) is 0 Å². The van der Waals surface area contributed by atoms with E-state index in [1.54, 1.807) is 37.6 Å². The number of anilines is 2. The minimum Gasteiger partial charge on any atom is -0.497 e. The topological polar surface area (TPSA) is 111 Å². The molecule has 1 unspecified atom stereocenters. The zero-order chi connectivity index (χ0) is 29.2. The molecule has 10 nitrogen and oxygen atoms in total. The normalized spacial score (nSPS) is 15.4. The van der Waals surface area contributed by atoms with Crippen LogP contribution in [0.15, 0.2) is 102 Å². The lowest BCUT2D eigenvalue weighted by Crippen LogP contribution is -2.35. The van der Waals surface area contributed by atoms with Gasteiger partial charge in [-0.1, -0.05) is 24.3 Å². The first kappa shape index (κ1) is 26.1. The number of allylic oxidation sites excluding steroid dienone is 1. The van der Waals surface area contributed by atoms with Crippen LogP contribution < -0.4 is 30.2 Å². The Morgan fingerprint density at radius 2 is 1.84 bits per heavy atom. The summed E-state index contributed by atoms with van der Waals surface area (Å²) >= 11 is 0. The van der Waals surface area contributed by atoms with Crippen LogP contribution in [0.3, 0.4) is 0 Å². The van der Waals surface area contributed by atoms with Gasteiger partial charge in [0, 0.05) is 41.0 Å². The van der Waals surface area contributed by atoms with Gasteiger partial charge in [-0.05, 0) is 60.7 Å². The predicted octanol–water partition coefficient (Wildman–Crippen LogP) is 5.44. The molecule has 0 bridgehead atoms. The molecular weight excluding hydrogens is 544 g/mol. The molecule has 2 aliphatic heterocycles. The Labute approximate surface area is 247 Å². The van der Waals surface area contributed by atoms with E-state index in [2.05, 4.69) is 20.9 Å². The molecule has 214 valence electrons. The van der Waals surface area contributed by atoms with E-state index in [9.17, 15) is 4.79 Å². The number of hydrogen-bond acceptors (Lipinski definition) is 8. The SMILES string of the molecule is COc1cccc(C(=O)Nc2cccc(-c3nn4ccccc4c3C3=CC=NC(Nc4ccc5c(c4)OCCO5)N3)c2)c1. The monoisotopic (exact) mass is 572 g/mol. The fourth-order valence-corrected chi connectivity index (χ4v) is 5.13. The van der Waals surface area contributed by atoms with Gasteiger partial charge < -0.3 is 30.2 Å². The van der Waals surface area contributed by atoms with Gasteiger partial charge in [0.25, 0.3) is 5.91 Å². The van der Waals surface area contributed by atoms with Gasteiger partial charge in [0.15, 0.2) is 17.8 Å². The average molecular weight is 573 g/mol. The highest BCUT2D eigenvalue weighted by atomic mass is 16.6. The molecule has 1 amide bonds. The molecule has 0 aliphatic carbocycles. The summed E-state index contributed by atoms with van der Waals surface area (Å²) in [7, 11) is 1.58. The fraction of sp³-hybridized carbons (Fsp3) is 0.121. The lowest BCUT2D eigenvalue weighted by atomic mass is 10.0. The summed E-state index contributed by atoms with van der Waals surface area (Å²) in [5, 5.41) is 14.9. The highest BCUT2D eigenvalue weighted by molar-refractivity contribution is 6.05. The van der Waals surface area contributed by atoms with Crippen molar-refractivity contribution in [2.45, 2.75) is 6.29 Å². The molecule has 0 fully saturated rings. The molecule has 3 N–H and O–H groups in total. The van der Waals surface area contributed by atoms with E-state index in [-0.39, 0.29) is 5.91 Å². The summed E-state index contributed by atoms with van der Waals surface area (Å²) < 4.78 is 18.5. The number of aromatic nitrogens is 2. The molecule has 7 rings (SSSR count). The van der Waals surface area contributed by atoms with Gasteiger partial charge in [-0.15, -0.1) is 0 Å². The summed E-state index contributed by atoms with van der Waals surface area (Å²) in [6, 6.07) is 26.4. The van der Waals surface area contributed by atoms with Gasteiger partial charge in [-0.2, -0.15) is 5.10 Å². The molecule has 4 heterocycles. The number of methoxy groups -OCH3 is 1. The number of carbonyl (C=O) groups is 1. The van der Waals surface area contributed by atoms with E-state index in [4.69, 9.17) is 19.3 Å². The van der Waals surface area contributed by atoms with Gasteiger partial charge in [0.1, 0.15) is 24.7 Å². The minimum atomic E-state index is -0.428. The van der Waals surface area contributed by atoms with Crippen molar-refractivity contribution >= 4 is 34.7 Å². The second kappa shape index (κ2) is 11.2. The zero-order valence-corrected chi connectivity index (χ0v) is 23.3. The van der Waals surface area contributed by atoms with Crippen molar-refractivity contribution in [2.75, 3.05) is 31.0 Å². The maximum absolute atomic E-state index is 13.0. The van der Waals surface area contributed by atoms with Crippen molar-refractivity contribution in [1.29, 1.82) is 0 Å². The number of pyridine rings is 1. The lowest BCUT2D eigenvalue weighted by Gasteiger charge is -2.24. The first-order chi connectivity index (χ1) is 21.1. The zero-order valence-electron chi connectivity index (χ0n) is 23.3. The second-order valence-electron chi connectivity index (χ2n) is 9.95. The fourth-order valence-electron chi connectivity index (χ4n) is 5.13.